The first kappa shape index (κ1) is 18.7. The summed E-state index contributed by atoms with van der Waals surface area (Å²) in [6.07, 6.45) is 2.09. The molecule has 0 spiro atoms. The summed E-state index contributed by atoms with van der Waals surface area (Å²) in [5.74, 6) is 0.169. The summed E-state index contributed by atoms with van der Waals surface area (Å²) in [5.41, 5.74) is 0.442. The lowest BCUT2D eigenvalue weighted by atomic mass is 9.91. The van der Waals surface area contributed by atoms with Crippen LogP contribution in [0.4, 0.5) is 0 Å². The fraction of sp³-hybridized carbons (Fsp3) is 0.600. The zero-order valence-electron chi connectivity index (χ0n) is 15.2. The highest BCUT2D eigenvalue weighted by Crippen LogP contribution is 2.29. The molecule has 132 valence electrons. The van der Waals surface area contributed by atoms with Crippen LogP contribution < -0.4 is 5.32 Å². The van der Waals surface area contributed by atoms with Gasteiger partial charge in [0.05, 0.1) is 12.6 Å². The van der Waals surface area contributed by atoms with Crippen LogP contribution in [0.3, 0.4) is 0 Å². The molecule has 0 unspecified atom stereocenters. The van der Waals surface area contributed by atoms with E-state index >= 15 is 0 Å². The number of benzene rings is 1. The molecule has 3 atom stereocenters. The molecule has 1 aromatic carbocycles. The van der Waals surface area contributed by atoms with Gasteiger partial charge < -0.3 is 10.1 Å². The summed E-state index contributed by atoms with van der Waals surface area (Å²) in [6, 6.07) is 9.54. The molecule has 0 aromatic heterocycles. The number of Topliss-reactive ketones (excluding diaryl/α,β-unsaturated/α-hetero) is 1. The van der Waals surface area contributed by atoms with Gasteiger partial charge in [0.25, 0.3) is 0 Å². The molecule has 24 heavy (non-hydrogen) atoms. The number of hydrogen-bond acceptors (Lipinski definition) is 3. The Kier molecular flexibility index (Phi) is 6.16. The van der Waals surface area contributed by atoms with Crippen molar-refractivity contribution in [3.63, 3.8) is 0 Å². The van der Waals surface area contributed by atoms with Crippen molar-refractivity contribution in [2.24, 2.45) is 11.8 Å². The third kappa shape index (κ3) is 4.91. The monoisotopic (exact) mass is 331 g/mol. The van der Waals surface area contributed by atoms with E-state index < -0.39 is 11.6 Å². The number of hydrogen-bond donors (Lipinski definition) is 1. The molecule has 4 heteroatoms. The Hall–Kier alpha value is -1.68. The number of ketones is 1. The van der Waals surface area contributed by atoms with Crippen LogP contribution in [0.1, 0.15) is 46.1 Å². The Morgan fingerprint density at radius 3 is 2.38 bits per heavy atom. The zero-order chi connectivity index (χ0) is 17.7. The van der Waals surface area contributed by atoms with Crippen LogP contribution >= 0.6 is 0 Å². The second kappa shape index (κ2) is 7.93. The highest BCUT2D eigenvalue weighted by atomic mass is 16.6. The SMILES string of the molecule is CC[C@@H](Cc1ccccc1)C(=O)N[C@@H](CC(C)C)C(=O)[C@@]1(C)CO1. The lowest BCUT2D eigenvalue weighted by Gasteiger charge is -2.24. The fourth-order valence-electron chi connectivity index (χ4n) is 2.93. The highest BCUT2D eigenvalue weighted by molar-refractivity contribution is 5.96. The lowest BCUT2D eigenvalue weighted by molar-refractivity contribution is -0.132. The van der Waals surface area contributed by atoms with Gasteiger partial charge in [-0.25, -0.2) is 0 Å². The first-order valence-electron chi connectivity index (χ1n) is 8.88. The zero-order valence-corrected chi connectivity index (χ0v) is 15.2. The predicted molar refractivity (Wildman–Crippen MR) is 94.7 cm³/mol. The Morgan fingerprint density at radius 2 is 1.88 bits per heavy atom. The minimum absolute atomic E-state index is 0.000820. The number of nitrogens with one attached hydrogen (secondary N) is 1. The van der Waals surface area contributed by atoms with E-state index in [4.69, 9.17) is 4.74 Å². The third-order valence-electron chi connectivity index (χ3n) is 4.63. The van der Waals surface area contributed by atoms with E-state index in [1.807, 2.05) is 37.3 Å². The summed E-state index contributed by atoms with van der Waals surface area (Å²) in [6.45, 7) is 8.39. The molecular formula is C20H29NO3. The van der Waals surface area contributed by atoms with Gasteiger partial charge in [0.2, 0.25) is 5.91 Å². The van der Waals surface area contributed by atoms with Crippen molar-refractivity contribution in [2.75, 3.05) is 6.61 Å². The second-order valence-corrected chi connectivity index (χ2v) is 7.37. The van der Waals surface area contributed by atoms with Crippen molar-refractivity contribution in [2.45, 2.75) is 58.6 Å². The van der Waals surface area contributed by atoms with E-state index in [0.29, 0.717) is 25.4 Å². The number of amides is 1. The number of carbonyl (C=O) groups excluding carboxylic acids is 2. The van der Waals surface area contributed by atoms with Gasteiger partial charge in [-0.1, -0.05) is 51.1 Å². The van der Waals surface area contributed by atoms with Crippen molar-refractivity contribution in [3.05, 3.63) is 35.9 Å². The van der Waals surface area contributed by atoms with Crippen molar-refractivity contribution >= 4 is 11.7 Å². The summed E-state index contributed by atoms with van der Waals surface area (Å²) in [4.78, 5) is 25.3. The molecule has 0 aliphatic carbocycles. The van der Waals surface area contributed by atoms with E-state index in [2.05, 4.69) is 19.2 Å². The maximum atomic E-state index is 12.7. The molecule has 1 aliphatic heterocycles. The average molecular weight is 331 g/mol. The number of ether oxygens (including phenoxy) is 1. The summed E-state index contributed by atoms with van der Waals surface area (Å²) in [7, 11) is 0. The van der Waals surface area contributed by atoms with E-state index in [9.17, 15) is 9.59 Å². The molecule has 1 saturated heterocycles. The normalized spacial score (nSPS) is 22.0. The molecule has 1 N–H and O–H groups in total. The minimum atomic E-state index is -0.700. The van der Waals surface area contributed by atoms with Crippen LogP contribution in [0.25, 0.3) is 0 Å². The largest absolute Gasteiger partial charge is 0.361 e. The van der Waals surface area contributed by atoms with Gasteiger partial charge in [0.1, 0.15) is 5.60 Å². The predicted octanol–water partition coefficient (Wildman–Crippen LogP) is 3.14. The quantitative estimate of drug-likeness (QED) is 0.707. The van der Waals surface area contributed by atoms with Crippen LogP contribution in [-0.2, 0) is 20.7 Å². The summed E-state index contributed by atoms with van der Waals surface area (Å²) >= 11 is 0. The van der Waals surface area contributed by atoms with Crippen LogP contribution in [0.15, 0.2) is 30.3 Å². The molecule has 0 bridgehead atoms. The molecule has 1 heterocycles. The Bertz CT molecular complexity index is 564. The van der Waals surface area contributed by atoms with Crippen molar-refractivity contribution in [1.29, 1.82) is 0 Å². The second-order valence-electron chi connectivity index (χ2n) is 7.37. The molecule has 2 rings (SSSR count). The van der Waals surface area contributed by atoms with Gasteiger partial charge in [0, 0.05) is 5.92 Å². The van der Waals surface area contributed by atoms with Crippen LogP contribution in [0, 0.1) is 11.8 Å². The topological polar surface area (TPSA) is 58.7 Å². The van der Waals surface area contributed by atoms with Crippen molar-refractivity contribution < 1.29 is 14.3 Å². The van der Waals surface area contributed by atoms with E-state index in [1.165, 1.54) is 0 Å². The van der Waals surface area contributed by atoms with Crippen LogP contribution in [0.5, 0.6) is 0 Å². The Labute approximate surface area is 145 Å². The van der Waals surface area contributed by atoms with Gasteiger partial charge >= 0.3 is 0 Å². The van der Waals surface area contributed by atoms with Crippen molar-refractivity contribution in [1.82, 2.24) is 5.32 Å². The molecular weight excluding hydrogens is 302 g/mol. The molecule has 0 radical (unpaired) electrons. The van der Waals surface area contributed by atoms with Gasteiger partial charge in [-0.05, 0) is 37.7 Å². The maximum Gasteiger partial charge on any atom is 0.224 e. The molecule has 1 aliphatic rings. The Morgan fingerprint density at radius 1 is 1.25 bits per heavy atom. The lowest BCUT2D eigenvalue weighted by Crippen LogP contribution is -2.48. The van der Waals surface area contributed by atoms with E-state index in [-0.39, 0.29) is 17.6 Å². The fourth-order valence-corrected chi connectivity index (χ4v) is 2.93. The third-order valence-corrected chi connectivity index (χ3v) is 4.63. The maximum absolute atomic E-state index is 12.7. The summed E-state index contributed by atoms with van der Waals surface area (Å²) in [5, 5.41) is 3.00. The number of rotatable bonds is 9. The molecule has 0 saturated carbocycles. The van der Waals surface area contributed by atoms with Crippen LogP contribution in [0.2, 0.25) is 0 Å². The highest BCUT2D eigenvalue weighted by Gasteiger charge is 2.50. The van der Waals surface area contributed by atoms with Crippen molar-refractivity contribution in [3.8, 4) is 0 Å². The molecule has 1 aromatic rings. The van der Waals surface area contributed by atoms with E-state index in [0.717, 1.165) is 12.0 Å². The number of carbonyl (C=O) groups is 2. The standard InChI is InChI=1S/C20H29NO3/c1-5-16(12-15-9-7-6-8-10-15)19(23)21-17(11-14(2)3)18(22)20(4)13-24-20/h6-10,14,16-17H,5,11-13H2,1-4H3,(H,21,23)/t16-,17-,20+/m0/s1. The van der Waals surface area contributed by atoms with Gasteiger partial charge in [0.15, 0.2) is 5.78 Å². The van der Waals surface area contributed by atoms with Crippen LogP contribution in [-0.4, -0.2) is 29.9 Å². The average Bonchev–Trinajstić information content (AvgIpc) is 3.30. The van der Waals surface area contributed by atoms with Gasteiger partial charge in [-0.3, -0.25) is 9.59 Å². The van der Waals surface area contributed by atoms with E-state index in [1.54, 1.807) is 6.92 Å². The number of epoxide rings is 1. The smallest absolute Gasteiger partial charge is 0.224 e. The Balaban J connectivity index is 2.03. The first-order valence-corrected chi connectivity index (χ1v) is 8.88. The van der Waals surface area contributed by atoms with Gasteiger partial charge in [-0.15, -0.1) is 0 Å². The minimum Gasteiger partial charge on any atom is -0.361 e. The first-order chi connectivity index (χ1) is 11.4. The molecule has 1 amide bonds. The summed E-state index contributed by atoms with van der Waals surface area (Å²) < 4.78 is 5.28. The van der Waals surface area contributed by atoms with Gasteiger partial charge in [-0.2, -0.15) is 0 Å². The molecule has 4 nitrogen and oxygen atoms in total. The molecule has 1 fully saturated rings.